The summed E-state index contributed by atoms with van der Waals surface area (Å²) in [6, 6.07) is 14.6. The number of benzene rings is 2. The minimum atomic E-state index is -3.44. The van der Waals surface area contributed by atoms with Crippen LogP contribution in [0.3, 0.4) is 0 Å². The molecule has 6 heteroatoms. The lowest BCUT2D eigenvalue weighted by Crippen LogP contribution is -2.30. The fraction of sp³-hybridized carbons (Fsp3) is 0.250. The zero-order chi connectivity index (χ0) is 16.2. The van der Waals surface area contributed by atoms with E-state index in [1.54, 1.807) is 18.2 Å². The summed E-state index contributed by atoms with van der Waals surface area (Å²) in [5.74, 6) is 0. The van der Waals surface area contributed by atoms with Crippen molar-refractivity contribution >= 4 is 37.3 Å². The number of rotatable bonds is 6. The van der Waals surface area contributed by atoms with Gasteiger partial charge in [-0.3, -0.25) is 0 Å². The van der Waals surface area contributed by atoms with Crippen molar-refractivity contribution in [2.24, 2.45) is 0 Å². The molecule has 4 nitrogen and oxygen atoms in total. The van der Waals surface area contributed by atoms with E-state index in [-0.39, 0.29) is 0 Å². The van der Waals surface area contributed by atoms with Crippen LogP contribution in [0.25, 0.3) is 0 Å². The van der Waals surface area contributed by atoms with Crippen molar-refractivity contribution in [3.05, 3.63) is 53.0 Å². The topological polar surface area (TPSA) is 49.4 Å². The van der Waals surface area contributed by atoms with E-state index in [0.29, 0.717) is 18.0 Å². The second-order valence-corrected chi connectivity index (χ2v) is 7.60. The van der Waals surface area contributed by atoms with Crippen LogP contribution in [0.2, 0.25) is 0 Å². The maximum Gasteiger partial charge on any atom is 0.243 e. The smallest absolute Gasteiger partial charge is 0.243 e. The Bertz CT molecular complexity index is 726. The summed E-state index contributed by atoms with van der Waals surface area (Å²) in [4.78, 5) is 0.304. The lowest BCUT2D eigenvalue weighted by Gasteiger charge is -2.19. The highest BCUT2D eigenvalue weighted by molar-refractivity contribution is 9.10. The van der Waals surface area contributed by atoms with E-state index in [1.165, 1.54) is 4.31 Å². The molecular weight excluding hydrogens is 364 g/mol. The zero-order valence-corrected chi connectivity index (χ0v) is 15.0. The van der Waals surface area contributed by atoms with Crippen LogP contribution < -0.4 is 5.32 Å². The van der Waals surface area contributed by atoms with E-state index in [2.05, 4.69) is 21.2 Å². The molecule has 2 aromatic rings. The van der Waals surface area contributed by atoms with Gasteiger partial charge in [0.1, 0.15) is 0 Å². The summed E-state index contributed by atoms with van der Waals surface area (Å²) < 4.78 is 27.5. The van der Waals surface area contributed by atoms with Crippen LogP contribution in [0, 0.1) is 0 Å². The fourth-order valence-electron chi connectivity index (χ4n) is 2.15. The molecule has 0 saturated carbocycles. The first-order valence-corrected chi connectivity index (χ1v) is 9.33. The van der Waals surface area contributed by atoms with Gasteiger partial charge in [0.05, 0.1) is 4.90 Å². The molecule has 0 bridgehead atoms. The van der Waals surface area contributed by atoms with E-state index in [1.807, 2.05) is 44.2 Å². The summed E-state index contributed by atoms with van der Waals surface area (Å²) in [5.41, 5.74) is 1.65. The van der Waals surface area contributed by atoms with Crippen molar-refractivity contribution in [3.63, 3.8) is 0 Å². The van der Waals surface area contributed by atoms with Gasteiger partial charge in [0.2, 0.25) is 10.0 Å². The van der Waals surface area contributed by atoms with E-state index in [4.69, 9.17) is 0 Å². The van der Waals surface area contributed by atoms with Gasteiger partial charge in [0.15, 0.2) is 0 Å². The number of sulfonamides is 1. The molecular formula is C16H19BrN2O2S. The highest BCUT2D eigenvalue weighted by Crippen LogP contribution is 2.23. The second kappa shape index (κ2) is 7.26. The SMILES string of the molecule is CCN(CC)S(=O)(=O)c1cccc(Nc2ccc(Br)cc2)c1. The molecule has 0 aromatic heterocycles. The fourth-order valence-corrected chi connectivity index (χ4v) is 3.92. The van der Waals surface area contributed by atoms with Gasteiger partial charge in [-0.05, 0) is 42.5 Å². The average molecular weight is 383 g/mol. The molecule has 118 valence electrons. The van der Waals surface area contributed by atoms with Crippen LogP contribution in [0.5, 0.6) is 0 Å². The van der Waals surface area contributed by atoms with Crippen LogP contribution in [0.15, 0.2) is 57.9 Å². The summed E-state index contributed by atoms with van der Waals surface area (Å²) in [5, 5.41) is 3.21. The maximum atomic E-state index is 12.5. The van der Waals surface area contributed by atoms with Gasteiger partial charge in [-0.2, -0.15) is 4.31 Å². The molecule has 0 atom stereocenters. The first kappa shape index (κ1) is 17.0. The van der Waals surface area contributed by atoms with Crippen LogP contribution in [0.4, 0.5) is 11.4 Å². The molecule has 22 heavy (non-hydrogen) atoms. The third-order valence-electron chi connectivity index (χ3n) is 3.31. The number of nitrogens with one attached hydrogen (secondary N) is 1. The minimum absolute atomic E-state index is 0.304. The quantitative estimate of drug-likeness (QED) is 0.813. The number of halogens is 1. The molecule has 0 saturated heterocycles. The van der Waals surface area contributed by atoms with Crippen molar-refractivity contribution < 1.29 is 8.42 Å². The highest BCUT2D eigenvalue weighted by Gasteiger charge is 2.21. The number of hydrogen-bond acceptors (Lipinski definition) is 3. The number of hydrogen-bond donors (Lipinski definition) is 1. The Morgan fingerprint density at radius 1 is 1.00 bits per heavy atom. The predicted molar refractivity (Wildman–Crippen MR) is 94.0 cm³/mol. The van der Waals surface area contributed by atoms with Gasteiger partial charge in [-0.15, -0.1) is 0 Å². The van der Waals surface area contributed by atoms with Crippen LogP contribution >= 0.6 is 15.9 Å². The summed E-state index contributed by atoms with van der Waals surface area (Å²) in [6.45, 7) is 4.60. The molecule has 0 amide bonds. The molecule has 0 fully saturated rings. The van der Waals surface area contributed by atoms with Gasteiger partial charge in [-0.1, -0.05) is 35.8 Å². The van der Waals surface area contributed by atoms with Gasteiger partial charge in [-0.25, -0.2) is 8.42 Å². The monoisotopic (exact) mass is 382 g/mol. The third-order valence-corrected chi connectivity index (χ3v) is 5.88. The Labute approximate surface area is 140 Å². The van der Waals surface area contributed by atoms with Crippen molar-refractivity contribution in [3.8, 4) is 0 Å². The number of anilines is 2. The molecule has 0 aliphatic rings. The minimum Gasteiger partial charge on any atom is -0.355 e. The molecule has 2 aromatic carbocycles. The zero-order valence-electron chi connectivity index (χ0n) is 12.6. The van der Waals surface area contributed by atoms with Gasteiger partial charge in [0, 0.05) is 28.9 Å². The summed E-state index contributed by atoms with van der Waals surface area (Å²) in [6.07, 6.45) is 0. The third kappa shape index (κ3) is 3.88. The molecule has 0 spiro atoms. The van der Waals surface area contributed by atoms with Crippen LogP contribution in [-0.4, -0.2) is 25.8 Å². The molecule has 0 aliphatic carbocycles. The van der Waals surface area contributed by atoms with E-state index >= 15 is 0 Å². The van der Waals surface area contributed by atoms with Crippen molar-refractivity contribution in [1.82, 2.24) is 4.31 Å². The average Bonchev–Trinajstić information content (AvgIpc) is 2.51. The Kier molecular flexibility index (Phi) is 5.61. The van der Waals surface area contributed by atoms with Gasteiger partial charge in [0.25, 0.3) is 0 Å². The predicted octanol–water partition coefficient (Wildman–Crippen LogP) is 4.22. The molecule has 2 rings (SSSR count). The van der Waals surface area contributed by atoms with Gasteiger partial charge < -0.3 is 5.32 Å². The van der Waals surface area contributed by atoms with E-state index in [9.17, 15) is 8.42 Å². The summed E-state index contributed by atoms with van der Waals surface area (Å²) in [7, 11) is -3.44. The van der Waals surface area contributed by atoms with Crippen LogP contribution in [0.1, 0.15) is 13.8 Å². The first-order valence-electron chi connectivity index (χ1n) is 7.10. The number of nitrogens with zero attached hydrogens (tertiary/aromatic N) is 1. The summed E-state index contributed by atoms with van der Waals surface area (Å²) >= 11 is 3.39. The first-order chi connectivity index (χ1) is 10.5. The Morgan fingerprint density at radius 3 is 2.23 bits per heavy atom. The largest absolute Gasteiger partial charge is 0.355 e. The Balaban J connectivity index is 2.28. The Morgan fingerprint density at radius 2 is 1.64 bits per heavy atom. The molecule has 0 heterocycles. The normalized spacial score (nSPS) is 11.6. The standard InChI is InChI=1S/C16H19BrN2O2S/c1-3-19(4-2)22(20,21)16-7-5-6-15(12-16)18-14-10-8-13(17)9-11-14/h5-12,18H,3-4H2,1-2H3. The van der Waals surface area contributed by atoms with Gasteiger partial charge >= 0.3 is 0 Å². The molecule has 0 aliphatic heterocycles. The lowest BCUT2D eigenvalue weighted by molar-refractivity contribution is 0.445. The second-order valence-electron chi connectivity index (χ2n) is 4.75. The lowest BCUT2D eigenvalue weighted by atomic mass is 10.3. The van der Waals surface area contributed by atoms with E-state index < -0.39 is 10.0 Å². The van der Waals surface area contributed by atoms with Crippen molar-refractivity contribution in [2.75, 3.05) is 18.4 Å². The highest BCUT2D eigenvalue weighted by atomic mass is 79.9. The Hall–Kier alpha value is -1.37. The van der Waals surface area contributed by atoms with E-state index in [0.717, 1.165) is 15.8 Å². The molecule has 0 unspecified atom stereocenters. The maximum absolute atomic E-state index is 12.5. The molecule has 1 N–H and O–H groups in total. The molecule has 0 radical (unpaired) electrons. The van der Waals surface area contributed by atoms with Crippen molar-refractivity contribution in [2.45, 2.75) is 18.7 Å². The van der Waals surface area contributed by atoms with Crippen LogP contribution in [-0.2, 0) is 10.0 Å². The van der Waals surface area contributed by atoms with Crippen molar-refractivity contribution in [1.29, 1.82) is 0 Å².